The number of hydrogen-bond acceptors (Lipinski definition) is 4. The monoisotopic (exact) mass is 252 g/mol. The van der Waals surface area contributed by atoms with Crippen LogP contribution in [0.4, 0.5) is 0 Å². The maximum atomic E-state index is 9.08. The van der Waals surface area contributed by atoms with E-state index < -0.39 is 0 Å². The van der Waals surface area contributed by atoms with Crippen LogP contribution >= 0.6 is 0 Å². The van der Waals surface area contributed by atoms with E-state index in [-0.39, 0.29) is 5.71 Å². The van der Waals surface area contributed by atoms with Crippen LogP contribution in [0.1, 0.15) is 5.56 Å². The molecule has 0 spiro atoms. The van der Waals surface area contributed by atoms with Crippen LogP contribution in [0, 0.1) is 11.3 Å². The van der Waals surface area contributed by atoms with Crippen LogP contribution in [-0.4, -0.2) is 12.8 Å². The van der Waals surface area contributed by atoms with Crippen LogP contribution in [0.3, 0.4) is 0 Å². The number of oxime groups is 1. The van der Waals surface area contributed by atoms with Gasteiger partial charge in [0.2, 0.25) is 0 Å². The highest BCUT2D eigenvalue weighted by atomic mass is 16.6. The number of nitriles is 1. The molecule has 4 heteroatoms. The van der Waals surface area contributed by atoms with Crippen LogP contribution in [0.15, 0.2) is 59.8 Å². The summed E-state index contributed by atoms with van der Waals surface area (Å²) in [6.45, 7) is 0. The molecular formula is C15H12N2O2. The van der Waals surface area contributed by atoms with Crippen molar-refractivity contribution < 1.29 is 9.57 Å². The summed E-state index contributed by atoms with van der Waals surface area (Å²) in [4.78, 5) is 4.66. The third-order valence-electron chi connectivity index (χ3n) is 2.40. The van der Waals surface area contributed by atoms with Crippen molar-refractivity contribution in [2.24, 2.45) is 5.16 Å². The Labute approximate surface area is 111 Å². The van der Waals surface area contributed by atoms with Crippen LogP contribution in [0.2, 0.25) is 0 Å². The normalized spacial score (nSPS) is 10.6. The average molecular weight is 252 g/mol. The standard InChI is InChI=1S/C15H12N2O2/c1-18-17-14(11-16)13-9-5-6-10-15(13)19-12-7-3-2-4-8-12/h2-10H,1H3/b17-14-. The maximum Gasteiger partial charge on any atom is 0.190 e. The molecule has 0 bridgehead atoms. The molecule has 0 saturated heterocycles. The van der Waals surface area contributed by atoms with Gasteiger partial charge in [0.1, 0.15) is 24.7 Å². The van der Waals surface area contributed by atoms with Gasteiger partial charge in [-0.05, 0) is 24.3 Å². The van der Waals surface area contributed by atoms with E-state index in [0.717, 1.165) is 0 Å². The molecule has 0 saturated carbocycles. The molecule has 2 rings (SSSR count). The molecule has 2 aromatic rings. The lowest BCUT2D eigenvalue weighted by Crippen LogP contribution is -2.01. The van der Waals surface area contributed by atoms with Crippen molar-refractivity contribution >= 4 is 5.71 Å². The summed E-state index contributed by atoms with van der Waals surface area (Å²) in [6, 6.07) is 18.5. The fraction of sp³-hybridized carbons (Fsp3) is 0.0667. The summed E-state index contributed by atoms with van der Waals surface area (Å²) in [5.74, 6) is 1.26. The van der Waals surface area contributed by atoms with Gasteiger partial charge in [-0.2, -0.15) is 5.26 Å². The van der Waals surface area contributed by atoms with E-state index >= 15 is 0 Å². The van der Waals surface area contributed by atoms with E-state index in [0.29, 0.717) is 17.1 Å². The third kappa shape index (κ3) is 3.11. The predicted molar refractivity (Wildman–Crippen MR) is 72.1 cm³/mol. The highest BCUT2D eigenvalue weighted by Crippen LogP contribution is 2.25. The molecule has 2 aromatic carbocycles. The van der Waals surface area contributed by atoms with Crippen molar-refractivity contribution in [3.8, 4) is 17.6 Å². The molecule has 0 N–H and O–H groups in total. The van der Waals surface area contributed by atoms with Crippen molar-refractivity contribution in [1.29, 1.82) is 5.26 Å². The number of hydrogen-bond donors (Lipinski definition) is 0. The van der Waals surface area contributed by atoms with Gasteiger partial charge in [-0.25, -0.2) is 0 Å². The van der Waals surface area contributed by atoms with E-state index in [1.165, 1.54) is 7.11 Å². The fourth-order valence-corrected chi connectivity index (χ4v) is 1.59. The van der Waals surface area contributed by atoms with E-state index in [9.17, 15) is 0 Å². The number of benzene rings is 2. The molecule has 0 radical (unpaired) electrons. The van der Waals surface area contributed by atoms with E-state index in [1.807, 2.05) is 48.5 Å². The number of para-hydroxylation sites is 2. The Morgan fingerprint density at radius 1 is 1.05 bits per heavy atom. The maximum absolute atomic E-state index is 9.08. The second-order valence-electron chi connectivity index (χ2n) is 3.65. The molecular weight excluding hydrogens is 240 g/mol. The smallest absolute Gasteiger partial charge is 0.190 e. The van der Waals surface area contributed by atoms with Gasteiger partial charge in [-0.15, -0.1) is 0 Å². The lowest BCUT2D eigenvalue weighted by atomic mass is 10.1. The quantitative estimate of drug-likeness (QED) is 0.619. The lowest BCUT2D eigenvalue weighted by Gasteiger charge is -2.09. The van der Waals surface area contributed by atoms with Crippen LogP contribution in [0.25, 0.3) is 0 Å². The molecule has 0 aliphatic rings. The molecule has 4 nitrogen and oxygen atoms in total. The minimum atomic E-state index is 0.175. The molecule has 0 aliphatic heterocycles. The lowest BCUT2D eigenvalue weighted by molar-refractivity contribution is 0.214. The first-order valence-corrected chi connectivity index (χ1v) is 5.68. The SMILES string of the molecule is CO/N=C(/C#N)c1ccccc1Oc1ccccc1. The van der Waals surface area contributed by atoms with Gasteiger partial charge in [0.05, 0.1) is 5.56 Å². The zero-order valence-electron chi connectivity index (χ0n) is 10.4. The largest absolute Gasteiger partial charge is 0.457 e. The summed E-state index contributed by atoms with van der Waals surface area (Å²) in [6.07, 6.45) is 0. The molecule has 0 aliphatic carbocycles. The summed E-state index contributed by atoms with van der Waals surface area (Å²) in [7, 11) is 1.40. The van der Waals surface area contributed by atoms with Crippen molar-refractivity contribution in [1.82, 2.24) is 0 Å². The van der Waals surface area contributed by atoms with Crippen molar-refractivity contribution in [3.05, 3.63) is 60.2 Å². The van der Waals surface area contributed by atoms with Crippen LogP contribution < -0.4 is 4.74 Å². The number of ether oxygens (including phenoxy) is 1. The molecule has 0 fully saturated rings. The fourth-order valence-electron chi connectivity index (χ4n) is 1.59. The molecule has 0 amide bonds. The van der Waals surface area contributed by atoms with Gasteiger partial charge in [-0.3, -0.25) is 0 Å². The van der Waals surface area contributed by atoms with E-state index in [2.05, 4.69) is 9.99 Å². The number of rotatable bonds is 4. The van der Waals surface area contributed by atoms with Gasteiger partial charge >= 0.3 is 0 Å². The first kappa shape index (κ1) is 12.7. The summed E-state index contributed by atoms with van der Waals surface area (Å²) in [5.41, 5.74) is 0.768. The summed E-state index contributed by atoms with van der Waals surface area (Å²) >= 11 is 0. The minimum absolute atomic E-state index is 0.175. The van der Waals surface area contributed by atoms with Crippen molar-refractivity contribution in [3.63, 3.8) is 0 Å². The van der Waals surface area contributed by atoms with Gasteiger partial charge in [0, 0.05) is 0 Å². The van der Waals surface area contributed by atoms with Gasteiger partial charge in [0.15, 0.2) is 5.71 Å². The Bertz CT molecular complexity index is 616. The van der Waals surface area contributed by atoms with Crippen molar-refractivity contribution in [2.75, 3.05) is 7.11 Å². The average Bonchev–Trinajstić information content (AvgIpc) is 2.47. The molecule has 19 heavy (non-hydrogen) atoms. The topological polar surface area (TPSA) is 54.6 Å². The Morgan fingerprint density at radius 2 is 1.74 bits per heavy atom. The second-order valence-corrected chi connectivity index (χ2v) is 3.65. The molecule has 0 heterocycles. The minimum Gasteiger partial charge on any atom is -0.457 e. The second kappa shape index (κ2) is 6.22. The molecule has 0 unspecified atom stereocenters. The Hall–Kier alpha value is -2.80. The molecule has 94 valence electrons. The van der Waals surface area contributed by atoms with Crippen molar-refractivity contribution in [2.45, 2.75) is 0 Å². The zero-order chi connectivity index (χ0) is 13.5. The van der Waals surface area contributed by atoms with Crippen LogP contribution in [-0.2, 0) is 4.84 Å². The molecule has 0 atom stereocenters. The summed E-state index contributed by atoms with van der Waals surface area (Å²) < 4.78 is 5.75. The zero-order valence-corrected chi connectivity index (χ0v) is 10.4. The highest BCUT2D eigenvalue weighted by molar-refractivity contribution is 6.13. The number of nitrogens with zero attached hydrogens (tertiary/aromatic N) is 2. The Morgan fingerprint density at radius 3 is 2.42 bits per heavy atom. The molecule has 0 aromatic heterocycles. The third-order valence-corrected chi connectivity index (χ3v) is 2.40. The summed E-state index contributed by atoms with van der Waals surface area (Å²) in [5, 5.41) is 12.8. The van der Waals surface area contributed by atoms with E-state index in [1.54, 1.807) is 12.1 Å². The van der Waals surface area contributed by atoms with Gasteiger partial charge in [-0.1, -0.05) is 35.5 Å². The van der Waals surface area contributed by atoms with E-state index in [4.69, 9.17) is 10.00 Å². The predicted octanol–water partition coefficient (Wildman–Crippen LogP) is 3.35. The highest BCUT2D eigenvalue weighted by Gasteiger charge is 2.11. The van der Waals surface area contributed by atoms with Crippen LogP contribution in [0.5, 0.6) is 11.5 Å². The first-order valence-electron chi connectivity index (χ1n) is 5.68. The Kier molecular flexibility index (Phi) is 4.14. The first-order chi connectivity index (χ1) is 9.35. The van der Waals surface area contributed by atoms with Gasteiger partial charge < -0.3 is 9.57 Å². The van der Waals surface area contributed by atoms with Gasteiger partial charge in [0.25, 0.3) is 0 Å². The Balaban J connectivity index is 2.37.